The van der Waals surface area contributed by atoms with Gasteiger partial charge in [-0.3, -0.25) is 19.4 Å². The summed E-state index contributed by atoms with van der Waals surface area (Å²) in [5.41, 5.74) is 3.86. The predicted octanol–water partition coefficient (Wildman–Crippen LogP) is 3.78. The molecule has 174 valence electrons. The van der Waals surface area contributed by atoms with E-state index in [1.54, 1.807) is 12.1 Å². The fourth-order valence-electron chi connectivity index (χ4n) is 4.74. The Labute approximate surface area is 200 Å². The van der Waals surface area contributed by atoms with Gasteiger partial charge in [-0.25, -0.2) is 0 Å². The molecule has 0 atom stereocenters. The Morgan fingerprint density at radius 2 is 1.58 bits per heavy atom. The van der Waals surface area contributed by atoms with E-state index in [1.165, 1.54) is 5.56 Å². The van der Waals surface area contributed by atoms with Crippen molar-refractivity contribution in [3.05, 3.63) is 70.9 Å². The van der Waals surface area contributed by atoms with E-state index < -0.39 is 0 Å². The Bertz CT molecular complexity index is 1070. The molecule has 0 spiro atoms. The van der Waals surface area contributed by atoms with Gasteiger partial charge in [0, 0.05) is 56.1 Å². The summed E-state index contributed by atoms with van der Waals surface area (Å²) in [7, 11) is 2.03. The second kappa shape index (κ2) is 9.67. The average Bonchev–Trinajstić information content (AvgIpc) is 2.97. The molecule has 2 heterocycles. The molecule has 33 heavy (non-hydrogen) atoms. The van der Waals surface area contributed by atoms with Gasteiger partial charge in [-0.05, 0) is 23.8 Å². The maximum Gasteiger partial charge on any atom is 0.238 e. The van der Waals surface area contributed by atoms with Crippen LogP contribution in [0.3, 0.4) is 0 Å². The largest absolute Gasteiger partial charge is 0.347 e. The van der Waals surface area contributed by atoms with Gasteiger partial charge in [0.2, 0.25) is 5.91 Å². The zero-order valence-corrected chi connectivity index (χ0v) is 20.2. The number of fused-ring (bicyclic) bond motifs is 1. The third-order valence-electron chi connectivity index (χ3n) is 6.60. The number of anilines is 2. The summed E-state index contributed by atoms with van der Waals surface area (Å²) in [6.45, 7) is 8.05. The quantitative estimate of drug-likeness (QED) is 0.657. The Morgan fingerprint density at radius 1 is 0.970 bits per heavy atom. The Hall–Kier alpha value is -2.67. The first-order valence-corrected chi connectivity index (χ1v) is 11.7. The van der Waals surface area contributed by atoms with Crippen molar-refractivity contribution in [3.63, 3.8) is 0 Å². The Morgan fingerprint density at radius 3 is 2.24 bits per heavy atom. The van der Waals surface area contributed by atoms with E-state index in [9.17, 15) is 9.59 Å². The van der Waals surface area contributed by atoms with Gasteiger partial charge in [0.1, 0.15) is 0 Å². The van der Waals surface area contributed by atoms with Crippen molar-refractivity contribution in [2.45, 2.75) is 19.3 Å². The maximum absolute atomic E-state index is 12.9. The van der Waals surface area contributed by atoms with Crippen LogP contribution in [0.2, 0.25) is 5.02 Å². The van der Waals surface area contributed by atoms with Crippen molar-refractivity contribution < 1.29 is 9.59 Å². The number of allylic oxidation sites excluding steroid dienone is 1. The first-order chi connectivity index (χ1) is 15.8. The van der Waals surface area contributed by atoms with Crippen molar-refractivity contribution in [1.29, 1.82) is 0 Å². The van der Waals surface area contributed by atoms with Gasteiger partial charge in [-0.15, -0.1) is 0 Å². The summed E-state index contributed by atoms with van der Waals surface area (Å²) in [4.78, 5) is 31.7. The zero-order chi connectivity index (χ0) is 23.6. The van der Waals surface area contributed by atoms with E-state index in [1.807, 2.05) is 37.4 Å². The molecule has 7 heteroatoms. The highest BCUT2D eigenvalue weighted by atomic mass is 35.5. The third kappa shape index (κ3) is 5.13. The van der Waals surface area contributed by atoms with Gasteiger partial charge in [0.15, 0.2) is 5.78 Å². The minimum absolute atomic E-state index is 0.0802. The summed E-state index contributed by atoms with van der Waals surface area (Å²) < 4.78 is 0. The van der Waals surface area contributed by atoms with Gasteiger partial charge >= 0.3 is 0 Å². The van der Waals surface area contributed by atoms with E-state index in [2.05, 4.69) is 46.0 Å². The van der Waals surface area contributed by atoms with Crippen LogP contribution in [0.4, 0.5) is 11.4 Å². The van der Waals surface area contributed by atoms with Crippen LogP contribution in [-0.4, -0.2) is 67.8 Å². The number of carbonyl (C=O) groups excluding carboxylic acids is 2. The number of hydrogen-bond acceptors (Lipinski definition) is 5. The molecule has 2 aromatic rings. The summed E-state index contributed by atoms with van der Waals surface area (Å²) in [6, 6.07) is 15.5. The molecule has 1 amide bonds. The monoisotopic (exact) mass is 466 g/mol. The van der Waals surface area contributed by atoms with Crippen molar-refractivity contribution >= 4 is 34.7 Å². The van der Waals surface area contributed by atoms with E-state index in [-0.39, 0.29) is 17.1 Å². The van der Waals surface area contributed by atoms with Gasteiger partial charge in [-0.2, -0.15) is 0 Å². The van der Waals surface area contributed by atoms with Gasteiger partial charge in [0.25, 0.3) is 0 Å². The first kappa shape index (κ1) is 23.5. The van der Waals surface area contributed by atoms with Gasteiger partial charge < -0.3 is 10.2 Å². The molecular weight excluding hydrogens is 436 g/mol. The second-order valence-electron chi connectivity index (χ2n) is 9.28. The molecule has 0 aliphatic carbocycles. The van der Waals surface area contributed by atoms with E-state index in [4.69, 9.17) is 11.6 Å². The lowest BCUT2D eigenvalue weighted by Gasteiger charge is -2.33. The molecule has 2 aromatic carbocycles. The molecule has 2 aliphatic heterocycles. The number of halogens is 1. The third-order valence-corrected chi connectivity index (χ3v) is 6.93. The number of ketones is 1. The van der Waals surface area contributed by atoms with Crippen molar-refractivity contribution in [2.24, 2.45) is 0 Å². The van der Waals surface area contributed by atoms with Crippen molar-refractivity contribution in [2.75, 3.05) is 56.5 Å². The van der Waals surface area contributed by atoms with Crippen LogP contribution in [0.5, 0.6) is 0 Å². The van der Waals surface area contributed by atoms with E-state index in [0.717, 1.165) is 37.6 Å². The maximum atomic E-state index is 12.9. The number of nitrogens with one attached hydrogen (secondary N) is 1. The number of likely N-dealkylation sites (N-methyl/N-ethyl adjacent to an activating group) is 1. The van der Waals surface area contributed by atoms with Crippen LogP contribution in [0.1, 0.15) is 19.4 Å². The molecule has 0 aromatic heterocycles. The van der Waals surface area contributed by atoms with Crippen LogP contribution in [-0.2, 0) is 15.0 Å². The minimum Gasteiger partial charge on any atom is -0.347 e. The number of hydrogen-bond donors (Lipinski definition) is 1. The molecule has 1 fully saturated rings. The van der Waals surface area contributed by atoms with E-state index in [0.29, 0.717) is 23.8 Å². The molecule has 0 saturated carbocycles. The number of para-hydroxylation sites is 2. The molecule has 0 bridgehead atoms. The fourth-order valence-corrected chi connectivity index (χ4v) is 4.92. The molecule has 1 saturated heterocycles. The van der Waals surface area contributed by atoms with Crippen LogP contribution in [0, 0.1) is 0 Å². The standard InChI is InChI=1S/C26H31ClN4O2/c1-26(2)20-8-4-7-11-23(20)29(3)24(26)16-19(32)17-30-12-14-31(15-13-30)18-25(33)28-22-10-6-5-9-21(22)27/h4-11,16H,12-15,17-18H2,1-3H3,(H,28,33)/b24-16-. The number of rotatable bonds is 6. The Balaban J connectivity index is 1.28. The highest BCUT2D eigenvalue weighted by Gasteiger charge is 2.38. The smallest absolute Gasteiger partial charge is 0.238 e. The highest BCUT2D eigenvalue weighted by molar-refractivity contribution is 6.33. The number of benzene rings is 2. The van der Waals surface area contributed by atoms with Crippen molar-refractivity contribution in [3.8, 4) is 0 Å². The number of piperazine rings is 1. The van der Waals surface area contributed by atoms with Crippen LogP contribution in [0.25, 0.3) is 0 Å². The van der Waals surface area contributed by atoms with Crippen LogP contribution in [0.15, 0.2) is 60.3 Å². The normalized spacial score (nSPS) is 19.5. The average molecular weight is 467 g/mol. The summed E-state index contributed by atoms with van der Waals surface area (Å²) >= 11 is 6.12. The van der Waals surface area contributed by atoms with Crippen LogP contribution < -0.4 is 10.2 Å². The lowest BCUT2D eigenvalue weighted by Crippen LogP contribution is -2.49. The highest BCUT2D eigenvalue weighted by Crippen LogP contribution is 2.46. The summed E-state index contributed by atoms with van der Waals surface area (Å²) in [5, 5.41) is 3.40. The van der Waals surface area contributed by atoms with Gasteiger partial charge in [-0.1, -0.05) is 55.8 Å². The second-order valence-corrected chi connectivity index (χ2v) is 9.68. The zero-order valence-electron chi connectivity index (χ0n) is 19.5. The lowest BCUT2D eigenvalue weighted by molar-refractivity contribution is -0.119. The molecule has 0 unspecified atom stereocenters. The number of carbonyl (C=O) groups is 2. The van der Waals surface area contributed by atoms with Crippen LogP contribution >= 0.6 is 11.6 Å². The van der Waals surface area contributed by atoms with E-state index >= 15 is 0 Å². The molecule has 0 radical (unpaired) electrons. The minimum atomic E-state index is -0.200. The molecule has 6 nitrogen and oxygen atoms in total. The Kier molecular flexibility index (Phi) is 6.88. The summed E-state index contributed by atoms with van der Waals surface area (Å²) in [5.74, 6) is 0.0334. The first-order valence-electron chi connectivity index (χ1n) is 11.3. The molecular formula is C26H31ClN4O2. The topological polar surface area (TPSA) is 55.9 Å². The number of amides is 1. The van der Waals surface area contributed by atoms with Gasteiger partial charge in [0.05, 0.1) is 23.8 Å². The SMILES string of the molecule is CN1/C(=C\C(=O)CN2CCN(CC(=O)Nc3ccccc3Cl)CC2)C(C)(C)c2ccccc21. The van der Waals surface area contributed by atoms with Crippen molar-refractivity contribution in [1.82, 2.24) is 9.80 Å². The lowest BCUT2D eigenvalue weighted by atomic mass is 9.83. The molecule has 2 aliphatic rings. The predicted molar refractivity (Wildman–Crippen MR) is 134 cm³/mol. The number of nitrogens with zero attached hydrogens (tertiary/aromatic N) is 3. The molecule has 1 N–H and O–H groups in total. The fraction of sp³-hybridized carbons (Fsp3) is 0.385. The summed E-state index contributed by atoms with van der Waals surface area (Å²) in [6.07, 6.45) is 1.81. The molecule has 4 rings (SSSR count).